The molecule has 9 heteroatoms. The van der Waals surface area contributed by atoms with Gasteiger partial charge in [-0.15, -0.1) is 0 Å². The molecule has 30 heavy (non-hydrogen) atoms. The Morgan fingerprint density at radius 2 is 1.50 bits per heavy atom. The van der Waals surface area contributed by atoms with E-state index in [4.69, 9.17) is 22.8 Å². The summed E-state index contributed by atoms with van der Waals surface area (Å²) >= 11 is 0. The molecule has 0 aromatic heterocycles. The van der Waals surface area contributed by atoms with Crippen molar-refractivity contribution in [2.24, 2.45) is 0 Å². The molecule has 0 bridgehead atoms. The Labute approximate surface area is 187 Å². The molecule has 0 heterocycles. The smallest absolute Gasteiger partial charge is 0.333 e. The van der Waals surface area contributed by atoms with Gasteiger partial charge in [-0.25, -0.2) is 4.79 Å². The van der Waals surface area contributed by atoms with Crippen LogP contribution in [-0.4, -0.2) is 62.7 Å². The number of carbonyl (C=O) groups excluding carboxylic acids is 1. The van der Waals surface area contributed by atoms with Crippen LogP contribution < -0.4 is 0 Å². The van der Waals surface area contributed by atoms with Crippen molar-refractivity contribution >= 4 is 31.2 Å². The van der Waals surface area contributed by atoms with Crippen LogP contribution in [0.3, 0.4) is 0 Å². The van der Waals surface area contributed by atoms with E-state index in [1.165, 1.54) is 12.8 Å². The second-order valence-corrected chi connectivity index (χ2v) is 21.7. The van der Waals surface area contributed by atoms with E-state index < -0.39 is 25.2 Å². The van der Waals surface area contributed by atoms with E-state index in [0.717, 1.165) is 31.0 Å². The molecule has 0 aliphatic carbocycles. The Bertz CT molecular complexity index is 513. The largest absolute Gasteiger partial charge is 0.462 e. The Kier molecular flexibility index (Phi) is 14.6. The van der Waals surface area contributed by atoms with Crippen LogP contribution in [0.25, 0.3) is 0 Å². The van der Waals surface area contributed by atoms with Gasteiger partial charge in [-0.05, 0) is 70.6 Å². The first-order chi connectivity index (χ1) is 13.9. The van der Waals surface area contributed by atoms with Gasteiger partial charge < -0.3 is 22.8 Å². The molecule has 0 amide bonds. The quantitative estimate of drug-likeness (QED) is 0.126. The summed E-state index contributed by atoms with van der Waals surface area (Å²) in [4.78, 5) is 11.5. The van der Waals surface area contributed by atoms with E-state index in [1.54, 1.807) is 6.92 Å². The van der Waals surface area contributed by atoms with Crippen molar-refractivity contribution in [3.05, 3.63) is 12.2 Å². The molecular formula is C21H46O6Si3. The number of aliphatic hydroxyl groups is 1. The summed E-state index contributed by atoms with van der Waals surface area (Å²) in [6.07, 6.45) is 4.11. The van der Waals surface area contributed by atoms with Gasteiger partial charge in [-0.1, -0.05) is 26.3 Å². The molecule has 0 radical (unpaired) electrons. The van der Waals surface area contributed by atoms with Crippen molar-refractivity contribution in [1.29, 1.82) is 0 Å². The van der Waals surface area contributed by atoms with E-state index in [2.05, 4.69) is 46.2 Å². The number of esters is 1. The normalized spacial score (nSPS) is 14.4. The van der Waals surface area contributed by atoms with Crippen molar-refractivity contribution in [3.63, 3.8) is 0 Å². The molecule has 6 nitrogen and oxygen atoms in total. The standard InChI is InChI=1S/C21H46O6Si3/c1-9-10-18-30(8,19-11-14-24-16-13-22)27-29(6,7)26-28(4,5)17-12-15-25-21(23)20(2)3/h22H,2,9-19H2,1,3-8H3. The fourth-order valence-electron chi connectivity index (χ4n) is 3.61. The zero-order chi connectivity index (χ0) is 23.3. The average Bonchev–Trinajstić information content (AvgIpc) is 2.61. The molecular weight excluding hydrogens is 432 g/mol. The Hall–Kier alpha value is -0.299. The lowest BCUT2D eigenvalue weighted by molar-refractivity contribution is -0.138. The van der Waals surface area contributed by atoms with Gasteiger partial charge >= 0.3 is 14.5 Å². The van der Waals surface area contributed by atoms with Crippen LogP contribution in [0.1, 0.15) is 39.5 Å². The Morgan fingerprint density at radius 1 is 0.900 bits per heavy atom. The highest BCUT2D eigenvalue weighted by Crippen LogP contribution is 2.29. The lowest BCUT2D eigenvalue weighted by Gasteiger charge is -2.40. The fraction of sp³-hybridized carbons (Fsp3) is 0.857. The molecule has 0 fully saturated rings. The predicted octanol–water partition coefficient (Wildman–Crippen LogP) is 5.21. The number of rotatable bonds is 18. The molecule has 1 N–H and O–H groups in total. The number of unbranched alkanes of at least 4 members (excludes halogenated alkanes) is 1. The topological polar surface area (TPSA) is 74.2 Å². The molecule has 0 spiro atoms. The number of carbonyl (C=O) groups is 1. The summed E-state index contributed by atoms with van der Waals surface area (Å²) in [6.45, 7) is 20.1. The van der Waals surface area contributed by atoms with Crippen molar-refractivity contribution < 1.29 is 27.6 Å². The number of hydrogen-bond donors (Lipinski definition) is 1. The molecule has 0 aromatic carbocycles. The Balaban J connectivity index is 4.71. The second kappa shape index (κ2) is 14.7. The van der Waals surface area contributed by atoms with Crippen LogP contribution in [0.15, 0.2) is 12.2 Å². The molecule has 178 valence electrons. The molecule has 0 aromatic rings. The number of ether oxygens (including phenoxy) is 2. The van der Waals surface area contributed by atoms with Crippen molar-refractivity contribution in [2.75, 3.05) is 26.4 Å². The van der Waals surface area contributed by atoms with Crippen molar-refractivity contribution in [1.82, 2.24) is 0 Å². The molecule has 0 aliphatic heterocycles. The van der Waals surface area contributed by atoms with E-state index in [9.17, 15) is 4.79 Å². The minimum atomic E-state index is -2.28. The highest BCUT2D eigenvalue weighted by molar-refractivity contribution is 6.88. The third-order valence-electron chi connectivity index (χ3n) is 4.81. The maximum atomic E-state index is 11.5. The minimum Gasteiger partial charge on any atom is -0.462 e. The summed E-state index contributed by atoms with van der Waals surface area (Å²) in [5, 5.41) is 8.85. The van der Waals surface area contributed by atoms with Gasteiger partial charge in [0.05, 0.1) is 19.8 Å². The molecule has 1 unspecified atom stereocenters. The lowest BCUT2D eigenvalue weighted by Crippen LogP contribution is -2.53. The lowest BCUT2D eigenvalue weighted by atomic mass is 10.4. The van der Waals surface area contributed by atoms with E-state index >= 15 is 0 Å². The minimum absolute atomic E-state index is 0.0704. The summed E-state index contributed by atoms with van der Waals surface area (Å²) in [5.74, 6) is -0.325. The fourth-order valence-corrected chi connectivity index (χ4v) is 18.7. The van der Waals surface area contributed by atoms with Crippen molar-refractivity contribution in [3.8, 4) is 0 Å². The zero-order valence-corrected chi connectivity index (χ0v) is 23.5. The average molecular weight is 479 g/mol. The molecule has 1 atom stereocenters. The highest BCUT2D eigenvalue weighted by Gasteiger charge is 2.41. The maximum Gasteiger partial charge on any atom is 0.333 e. The third-order valence-corrected chi connectivity index (χ3v) is 17.3. The first-order valence-electron chi connectivity index (χ1n) is 11.3. The van der Waals surface area contributed by atoms with Crippen LogP contribution in [0, 0.1) is 0 Å². The zero-order valence-electron chi connectivity index (χ0n) is 20.5. The molecule has 0 saturated carbocycles. The van der Waals surface area contributed by atoms with Gasteiger partial charge in [0.1, 0.15) is 0 Å². The van der Waals surface area contributed by atoms with E-state index in [1.807, 2.05) is 0 Å². The number of hydrogen-bond acceptors (Lipinski definition) is 6. The first kappa shape index (κ1) is 29.7. The van der Waals surface area contributed by atoms with Gasteiger partial charge in [0.25, 0.3) is 0 Å². The highest BCUT2D eigenvalue weighted by atomic mass is 28.5. The first-order valence-corrected chi connectivity index (χ1v) is 20.0. The summed E-state index contributed by atoms with van der Waals surface area (Å²) in [5.41, 5.74) is 0.433. The van der Waals surface area contributed by atoms with Gasteiger partial charge in [-0.2, -0.15) is 0 Å². The van der Waals surface area contributed by atoms with Crippen LogP contribution in [0.4, 0.5) is 0 Å². The van der Waals surface area contributed by atoms with Gasteiger partial charge in [0.15, 0.2) is 16.6 Å². The van der Waals surface area contributed by atoms with Gasteiger partial charge in [0.2, 0.25) is 0 Å². The van der Waals surface area contributed by atoms with Gasteiger partial charge in [0, 0.05) is 12.2 Å². The van der Waals surface area contributed by atoms with E-state index in [0.29, 0.717) is 25.4 Å². The summed E-state index contributed by atoms with van der Waals surface area (Å²) < 4.78 is 24.2. The second-order valence-electron chi connectivity index (χ2n) is 9.38. The Morgan fingerprint density at radius 3 is 2.07 bits per heavy atom. The SMILES string of the molecule is C=C(C)C(=O)OCCC[Si](C)(C)O[Si](C)(C)O[Si](C)(CCCC)CCCOCCO. The van der Waals surface area contributed by atoms with E-state index in [-0.39, 0.29) is 12.6 Å². The summed E-state index contributed by atoms with van der Waals surface area (Å²) in [6, 6.07) is 3.12. The third kappa shape index (κ3) is 14.7. The van der Waals surface area contributed by atoms with Crippen LogP contribution in [0.5, 0.6) is 0 Å². The van der Waals surface area contributed by atoms with Crippen LogP contribution >= 0.6 is 0 Å². The van der Waals surface area contributed by atoms with Crippen molar-refractivity contribution in [2.45, 2.75) is 90.4 Å². The molecule has 0 saturated heterocycles. The van der Waals surface area contributed by atoms with Gasteiger partial charge in [-0.3, -0.25) is 0 Å². The predicted molar refractivity (Wildman–Crippen MR) is 131 cm³/mol. The monoisotopic (exact) mass is 478 g/mol. The van der Waals surface area contributed by atoms with Crippen LogP contribution in [0.2, 0.25) is 50.9 Å². The number of aliphatic hydroxyl groups excluding tert-OH is 1. The van der Waals surface area contributed by atoms with Crippen LogP contribution in [-0.2, 0) is 22.5 Å². The molecule has 0 aliphatic rings. The summed E-state index contributed by atoms with van der Waals surface area (Å²) in [7, 11) is -6.10. The molecule has 0 rings (SSSR count). The maximum absolute atomic E-state index is 11.5.